The summed E-state index contributed by atoms with van der Waals surface area (Å²) in [6.45, 7) is 6.83. The molecule has 0 spiro atoms. The van der Waals surface area contributed by atoms with Gasteiger partial charge in [-0.2, -0.15) is 0 Å². The minimum atomic E-state index is -0.494. The summed E-state index contributed by atoms with van der Waals surface area (Å²) in [5, 5.41) is 7.47. The fourth-order valence-electron chi connectivity index (χ4n) is 3.25. The third-order valence-electron chi connectivity index (χ3n) is 4.68. The number of hydrogen-bond donors (Lipinski definition) is 2. The number of piperazine rings is 1. The van der Waals surface area contributed by atoms with Crippen LogP contribution in [0.3, 0.4) is 0 Å². The molecule has 10 heteroatoms. The average molecular weight is 528 g/mol. The van der Waals surface area contributed by atoms with Gasteiger partial charge in [-0.3, -0.25) is 14.7 Å². The Hall–Kier alpha value is -2.34. The third-order valence-corrected chi connectivity index (χ3v) is 4.68. The smallest absolute Gasteiger partial charge is 0.255 e. The molecule has 1 aliphatic rings. The molecule has 2 heterocycles. The topological polar surface area (TPSA) is 109 Å². The van der Waals surface area contributed by atoms with E-state index < -0.39 is 5.91 Å². The Morgan fingerprint density at radius 2 is 2.07 bits per heavy atom. The SMILES string of the molecule is CN=C(NCc1cccc(OCC(N)=O)c1)N1CCN(Cc2cc(C)on2)CC1.I. The Balaban J connectivity index is 0.00000320. The van der Waals surface area contributed by atoms with Crippen molar-refractivity contribution in [2.24, 2.45) is 10.7 Å². The van der Waals surface area contributed by atoms with Crippen LogP contribution in [0.4, 0.5) is 0 Å². The number of nitrogens with one attached hydrogen (secondary N) is 1. The van der Waals surface area contributed by atoms with Gasteiger partial charge in [0, 0.05) is 52.4 Å². The second-order valence-electron chi connectivity index (χ2n) is 7.00. The first kappa shape index (κ1) is 23.9. The van der Waals surface area contributed by atoms with Gasteiger partial charge in [0.2, 0.25) is 0 Å². The summed E-state index contributed by atoms with van der Waals surface area (Å²) >= 11 is 0. The third kappa shape index (κ3) is 7.17. The van der Waals surface area contributed by atoms with E-state index in [1.165, 1.54) is 0 Å². The van der Waals surface area contributed by atoms with Gasteiger partial charge in [0.1, 0.15) is 11.5 Å². The number of ether oxygens (including phenoxy) is 1. The highest BCUT2D eigenvalue weighted by Crippen LogP contribution is 2.14. The Kier molecular flexibility index (Phi) is 9.37. The van der Waals surface area contributed by atoms with Crippen LogP contribution in [0.2, 0.25) is 0 Å². The molecule has 1 aromatic carbocycles. The first-order chi connectivity index (χ1) is 14.0. The predicted molar refractivity (Wildman–Crippen MR) is 125 cm³/mol. The molecule has 164 valence electrons. The van der Waals surface area contributed by atoms with Gasteiger partial charge in [0.25, 0.3) is 5.91 Å². The van der Waals surface area contributed by atoms with Gasteiger partial charge < -0.3 is 25.2 Å². The molecule has 0 saturated carbocycles. The molecule has 1 saturated heterocycles. The van der Waals surface area contributed by atoms with Crippen LogP contribution in [0.5, 0.6) is 5.75 Å². The van der Waals surface area contributed by atoms with Gasteiger partial charge in [-0.1, -0.05) is 17.3 Å². The maximum absolute atomic E-state index is 10.9. The zero-order chi connectivity index (χ0) is 20.6. The highest BCUT2D eigenvalue weighted by atomic mass is 127. The minimum Gasteiger partial charge on any atom is -0.484 e. The lowest BCUT2D eigenvalue weighted by Gasteiger charge is -2.36. The van der Waals surface area contributed by atoms with Crippen LogP contribution < -0.4 is 15.8 Å². The predicted octanol–water partition coefficient (Wildman–Crippen LogP) is 1.36. The number of nitrogens with two attached hydrogens (primary N) is 1. The van der Waals surface area contributed by atoms with Crippen LogP contribution in [0.25, 0.3) is 0 Å². The number of aromatic nitrogens is 1. The average Bonchev–Trinajstić information content (AvgIpc) is 3.13. The number of aryl methyl sites for hydroxylation is 1. The molecule has 0 radical (unpaired) electrons. The van der Waals surface area contributed by atoms with Crippen molar-refractivity contribution in [1.82, 2.24) is 20.3 Å². The second-order valence-corrected chi connectivity index (χ2v) is 7.00. The lowest BCUT2D eigenvalue weighted by molar-refractivity contribution is -0.119. The van der Waals surface area contributed by atoms with E-state index in [1.54, 1.807) is 13.1 Å². The Morgan fingerprint density at radius 3 is 2.70 bits per heavy atom. The fourth-order valence-corrected chi connectivity index (χ4v) is 3.25. The zero-order valence-corrected chi connectivity index (χ0v) is 19.7. The standard InChI is InChI=1S/C20H28N6O3.HI/c1-15-10-17(24-29-15)13-25-6-8-26(9-7-25)20(22-2)23-12-16-4-3-5-18(11-16)28-14-19(21)27;/h3-5,10-11H,6-9,12-14H2,1-2H3,(H2,21,27)(H,22,23);1H. The van der Waals surface area contributed by atoms with Gasteiger partial charge in [-0.25, -0.2) is 0 Å². The first-order valence-corrected chi connectivity index (χ1v) is 9.63. The summed E-state index contributed by atoms with van der Waals surface area (Å²) in [6.07, 6.45) is 0. The maximum Gasteiger partial charge on any atom is 0.255 e. The van der Waals surface area contributed by atoms with Crippen LogP contribution in [0, 0.1) is 6.92 Å². The monoisotopic (exact) mass is 528 g/mol. The molecule has 1 aliphatic heterocycles. The van der Waals surface area contributed by atoms with Gasteiger partial charge in [-0.05, 0) is 24.6 Å². The summed E-state index contributed by atoms with van der Waals surface area (Å²) in [7, 11) is 1.79. The number of guanidine groups is 1. The van der Waals surface area contributed by atoms with Crippen LogP contribution in [0.15, 0.2) is 39.8 Å². The molecule has 0 atom stereocenters. The minimum absolute atomic E-state index is 0. The van der Waals surface area contributed by atoms with Crippen LogP contribution in [-0.4, -0.2) is 66.7 Å². The number of benzene rings is 1. The van der Waals surface area contributed by atoms with E-state index in [-0.39, 0.29) is 30.6 Å². The van der Waals surface area contributed by atoms with Crippen molar-refractivity contribution in [1.29, 1.82) is 0 Å². The Labute approximate surface area is 193 Å². The van der Waals surface area contributed by atoms with Gasteiger partial charge >= 0.3 is 0 Å². The normalized spacial score (nSPS) is 14.9. The molecule has 1 amide bonds. The molecule has 0 bridgehead atoms. The molecule has 30 heavy (non-hydrogen) atoms. The summed E-state index contributed by atoms with van der Waals surface area (Å²) in [6, 6.07) is 9.56. The van der Waals surface area contributed by atoms with Crippen LogP contribution in [0.1, 0.15) is 17.0 Å². The van der Waals surface area contributed by atoms with Crippen LogP contribution in [-0.2, 0) is 17.9 Å². The number of carbonyl (C=O) groups excluding carboxylic acids is 1. The molecule has 0 unspecified atom stereocenters. The molecule has 3 rings (SSSR count). The number of aliphatic imine (C=N–C) groups is 1. The number of hydrogen-bond acceptors (Lipinski definition) is 6. The molecular formula is C20H29IN6O3. The Morgan fingerprint density at radius 1 is 1.30 bits per heavy atom. The number of amides is 1. The molecule has 3 N–H and O–H groups in total. The number of nitrogens with zero attached hydrogens (tertiary/aromatic N) is 4. The summed E-state index contributed by atoms with van der Waals surface area (Å²) < 4.78 is 10.5. The molecule has 1 fully saturated rings. The lowest BCUT2D eigenvalue weighted by Crippen LogP contribution is -2.52. The number of halogens is 1. The van der Waals surface area contributed by atoms with E-state index in [0.29, 0.717) is 12.3 Å². The van der Waals surface area contributed by atoms with E-state index in [4.69, 9.17) is 15.0 Å². The summed E-state index contributed by atoms with van der Waals surface area (Å²) in [5.74, 6) is 1.83. The molecule has 0 aliphatic carbocycles. The fraction of sp³-hybridized carbons (Fsp3) is 0.450. The van der Waals surface area contributed by atoms with Crippen molar-refractivity contribution in [2.75, 3.05) is 39.8 Å². The highest BCUT2D eigenvalue weighted by Gasteiger charge is 2.20. The second kappa shape index (κ2) is 11.7. The van der Waals surface area contributed by atoms with E-state index in [1.807, 2.05) is 31.2 Å². The van der Waals surface area contributed by atoms with Crippen molar-refractivity contribution in [3.05, 3.63) is 47.3 Å². The molecular weight excluding hydrogens is 499 g/mol. The summed E-state index contributed by atoms with van der Waals surface area (Å²) in [4.78, 5) is 19.9. The van der Waals surface area contributed by atoms with Crippen LogP contribution >= 0.6 is 24.0 Å². The number of rotatable bonds is 7. The van der Waals surface area contributed by atoms with E-state index >= 15 is 0 Å². The van der Waals surface area contributed by atoms with E-state index in [9.17, 15) is 4.79 Å². The van der Waals surface area contributed by atoms with Crippen molar-refractivity contribution < 1.29 is 14.1 Å². The van der Waals surface area contributed by atoms with Crippen molar-refractivity contribution in [3.8, 4) is 5.75 Å². The van der Waals surface area contributed by atoms with E-state index in [2.05, 4.69) is 25.3 Å². The zero-order valence-electron chi connectivity index (χ0n) is 17.3. The Bertz CT molecular complexity index is 849. The number of primary amides is 1. The molecule has 1 aromatic heterocycles. The van der Waals surface area contributed by atoms with E-state index in [0.717, 1.165) is 55.7 Å². The molecule has 2 aromatic rings. The molecule has 9 nitrogen and oxygen atoms in total. The van der Waals surface area contributed by atoms with Gasteiger partial charge in [0.15, 0.2) is 12.6 Å². The highest BCUT2D eigenvalue weighted by molar-refractivity contribution is 14.0. The van der Waals surface area contributed by atoms with Gasteiger partial charge in [0.05, 0.1) is 5.69 Å². The lowest BCUT2D eigenvalue weighted by atomic mass is 10.2. The summed E-state index contributed by atoms with van der Waals surface area (Å²) in [5.41, 5.74) is 7.13. The van der Waals surface area contributed by atoms with Crippen molar-refractivity contribution in [2.45, 2.75) is 20.0 Å². The maximum atomic E-state index is 10.9. The quantitative estimate of drug-likeness (QED) is 0.318. The largest absolute Gasteiger partial charge is 0.484 e. The number of carbonyl (C=O) groups is 1. The van der Waals surface area contributed by atoms with Gasteiger partial charge in [-0.15, -0.1) is 24.0 Å². The van der Waals surface area contributed by atoms with Crippen molar-refractivity contribution >= 4 is 35.8 Å². The van der Waals surface area contributed by atoms with Crippen molar-refractivity contribution in [3.63, 3.8) is 0 Å². The first-order valence-electron chi connectivity index (χ1n) is 9.63.